The molecule has 0 aliphatic rings. The molecule has 0 heterocycles. The average Bonchev–Trinajstić information content (AvgIpc) is 2.54. The van der Waals surface area contributed by atoms with Crippen molar-refractivity contribution in [3.05, 3.63) is 71.3 Å². The highest BCUT2D eigenvalue weighted by Gasteiger charge is 2.00. The van der Waals surface area contributed by atoms with Crippen molar-refractivity contribution in [2.45, 2.75) is 6.92 Å². The number of hydrogen-bond donors (Lipinski definition) is 4. The lowest BCUT2D eigenvalue weighted by Crippen LogP contribution is -2.29. The first kappa shape index (κ1) is 16.4. The summed E-state index contributed by atoms with van der Waals surface area (Å²) >= 11 is 0. The van der Waals surface area contributed by atoms with Crippen LogP contribution in [0.3, 0.4) is 0 Å². The van der Waals surface area contributed by atoms with E-state index in [4.69, 9.17) is 11.7 Å². The maximum atomic E-state index is 10.9. The van der Waals surface area contributed by atoms with E-state index in [1.807, 2.05) is 30.5 Å². The Labute approximate surface area is 123 Å². The molecule has 2 aromatic carbocycles. The van der Waals surface area contributed by atoms with Gasteiger partial charge in [-0.05, 0) is 31.2 Å². The molecule has 110 valence electrons. The summed E-state index contributed by atoms with van der Waals surface area (Å²) in [5.41, 5.74) is 6.32. The van der Waals surface area contributed by atoms with Gasteiger partial charge in [-0.3, -0.25) is 20.4 Å². The summed E-state index contributed by atoms with van der Waals surface area (Å²) in [5, 5.41) is 0. The third kappa shape index (κ3) is 5.43. The van der Waals surface area contributed by atoms with Crippen LogP contribution in [0.25, 0.3) is 0 Å². The topological polar surface area (TPSA) is 110 Å². The lowest BCUT2D eigenvalue weighted by atomic mass is 10.1. The zero-order valence-corrected chi connectivity index (χ0v) is 11.7. The average molecular weight is 286 g/mol. The predicted molar refractivity (Wildman–Crippen MR) is 80.9 cm³/mol. The molecule has 0 fully saturated rings. The van der Waals surface area contributed by atoms with Crippen molar-refractivity contribution < 1.29 is 9.59 Å². The summed E-state index contributed by atoms with van der Waals surface area (Å²) in [5.74, 6) is 9.34. The molecule has 0 saturated heterocycles. The molecular formula is C15H18N4O2. The first-order valence-corrected chi connectivity index (χ1v) is 6.22. The van der Waals surface area contributed by atoms with Crippen molar-refractivity contribution in [2.24, 2.45) is 11.7 Å². The Balaban J connectivity index is 0.000000211. The molecule has 0 aliphatic carbocycles. The zero-order valence-electron chi connectivity index (χ0n) is 11.7. The molecule has 0 atom stereocenters. The Bertz CT molecular complexity index is 600. The summed E-state index contributed by atoms with van der Waals surface area (Å²) in [7, 11) is 0. The summed E-state index contributed by atoms with van der Waals surface area (Å²) < 4.78 is 0. The molecule has 0 aromatic heterocycles. The van der Waals surface area contributed by atoms with Gasteiger partial charge in [0.25, 0.3) is 11.8 Å². The second-order valence-corrected chi connectivity index (χ2v) is 4.18. The number of carbonyl (C=O) groups excluding carboxylic acids is 2. The number of benzene rings is 2. The highest BCUT2D eigenvalue weighted by molar-refractivity contribution is 5.94. The van der Waals surface area contributed by atoms with Crippen LogP contribution >= 0.6 is 0 Å². The van der Waals surface area contributed by atoms with Crippen molar-refractivity contribution in [1.82, 2.24) is 10.9 Å². The number of nitrogens with two attached hydrogens (primary N) is 2. The lowest BCUT2D eigenvalue weighted by Gasteiger charge is -1.98. The Morgan fingerprint density at radius 1 is 0.810 bits per heavy atom. The normalized spacial score (nSPS) is 9.10. The largest absolute Gasteiger partial charge is 0.290 e. The molecular weight excluding hydrogens is 268 g/mol. The van der Waals surface area contributed by atoms with Crippen LogP contribution in [0.1, 0.15) is 26.3 Å². The Morgan fingerprint density at radius 3 is 1.86 bits per heavy atom. The number of aryl methyl sites for hydroxylation is 1. The number of nitrogen functional groups attached to an aromatic ring is 2. The van der Waals surface area contributed by atoms with Crippen molar-refractivity contribution in [3.63, 3.8) is 0 Å². The highest BCUT2D eigenvalue weighted by atomic mass is 16.2. The maximum absolute atomic E-state index is 10.9. The van der Waals surface area contributed by atoms with Crippen molar-refractivity contribution >= 4 is 11.8 Å². The number of carbonyl (C=O) groups is 2. The zero-order chi connectivity index (χ0) is 15.7. The van der Waals surface area contributed by atoms with Gasteiger partial charge in [-0.15, -0.1) is 0 Å². The van der Waals surface area contributed by atoms with Crippen LogP contribution in [-0.2, 0) is 0 Å². The van der Waals surface area contributed by atoms with E-state index in [0.717, 1.165) is 5.56 Å². The third-order valence-corrected chi connectivity index (χ3v) is 2.58. The molecule has 2 aromatic rings. The standard InChI is InChI=1S/C8H10N2O.C7H8N2O/c1-6-3-2-4-7(5-6)8(11)10-9;8-9-7(10)6-4-2-1-3-5-6/h2-5H,9H2,1H3,(H,10,11);1-5H,8H2,(H,9,10). The van der Waals surface area contributed by atoms with Crippen molar-refractivity contribution in [1.29, 1.82) is 0 Å². The quantitative estimate of drug-likeness (QED) is 0.373. The van der Waals surface area contributed by atoms with Gasteiger partial charge in [0.15, 0.2) is 0 Å². The van der Waals surface area contributed by atoms with Crippen molar-refractivity contribution in [2.75, 3.05) is 0 Å². The fourth-order valence-electron chi connectivity index (χ4n) is 1.54. The number of amides is 2. The van der Waals surface area contributed by atoms with Crippen LogP contribution in [0.4, 0.5) is 0 Å². The summed E-state index contributed by atoms with van der Waals surface area (Å²) in [6, 6.07) is 16.0. The molecule has 0 saturated carbocycles. The second kappa shape index (κ2) is 8.47. The van der Waals surface area contributed by atoms with Gasteiger partial charge >= 0.3 is 0 Å². The second-order valence-electron chi connectivity index (χ2n) is 4.18. The molecule has 0 unspecified atom stereocenters. The Morgan fingerprint density at radius 2 is 1.33 bits per heavy atom. The molecule has 21 heavy (non-hydrogen) atoms. The molecule has 6 heteroatoms. The van der Waals surface area contributed by atoms with Crippen LogP contribution in [0.5, 0.6) is 0 Å². The molecule has 0 spiro atoms. The van der Waals surface area contributed by atoms with Gasteiger partial charge in [0.05, 0.1) is 0 Å². The molecule has 0 bridgehead atoms. The third-order valence-electron chi connectivity index (χ3n) is 2.58. The van der Waals surface area contributed by atoms with Gasteiger partial charge in [-0.1, -0.05) is 35.9 Å². The predicted octanol–water partition coefficient (Wildman–Crippen LogP) is 0.889. The summed E-state index contributed by atoms with van der Waals surface area (Å²) in [4.78, 5) is 21.7. The van der Waals surface area contributed by atoms with E-state index in [1.165, 1.54) is 0 Å². The van der Waals surface area contributed by atoms with E-state index in [1.54, 1.807) is 36.4 Å². The Kier molecular flexibility index (Phi) is 6.59. The van der Waals surface area contributed by atoms with E-state index in [-0.39, 0.29) is 11.8 Å². The number of rotatable bonds is 2. The summed E-state index contributed by atoms with van der Waals surface area (Å²) in [6.07, 6.45) is 0. The van der Waals surface area contributed by atoms with E-state index < -0.39 is 0 Å². The lowest BCUT2D eigenvalue weighted by molar-refractivity contribution is 0.0945. The van der Waals surface area contributed by atoms with Gasteiger partial charge in [0.2, 0.25) is 0 Å². The van der Waals surface area contributed by atoms with Gasteiger partial charge < -0.3 is 0 Å². The van der Waals surface area contributed by atoms with E-state index in [9.17, 15) is 9.59 Å². The van der Waals surface area contributed by atoms with Crippen molar-refractivity contribution in [3.8, 4) is 0 Å². The molecule has 6 N–H and O–H groups in total. The first-order valence-electron chi connectivity index (χ1n) is 6.22. The fraction of sp³-hybridized carbons (Fsp3) is 0.0667. The van der Waals surface area contributed by atoms with Gasteiger partial charge in [0, 0.05) is 11.1 Å². The fourth-order valence-corrected chi connectivity index (χ4v) is 1.54. The van der Waals surface area contributed by atoms with Crippen LogP contribution in [0, 0.1) is 6.92 Å². The highest BCUT2D eigenvalue weighted by Crippen LogP contribution is 2.02. The van der Waals surface area contributed by atoms with Gasteiger partial charge in [0.1, 0.15) is 0 Å². The SMILES string of the molecule is Cc1cccc(C(=O)NN)c1.NNC(=O)c1ccccc1. The minimum atomic E-state index is -0.263. The number of hydrogen-bond acceptors (Lipinski definition) is 4. The smallest absolute Gasteiger partial charge is 0.265 e. The summed E-state index contributed by atoms with van der Waals surface area (Å²) in [6.45, 7) is 1.92. The van der Waals surface area contributed by atoms with Gasteiger partial charge in [-0.25, -0.2) is 11.7 Å². The molecule has 2 rings (SSSR count). The number of nitrogens with one attached hydrogen (secondary N) is 2. The van der Waals surface area contributed by atoms with Crippen LogP contribution in [-0.4, -0.2) is 11.8 Å². The maximum Gasteiger partial charge on any atom is 0.265 e. The molecule has 0 radical (unpaired) electrons. The van der Waals surface area contributed by atoms with E-state index in [2.05, 4.69) is 5.43 Å². The first-order chi connectivity index (χ1) is 10.1. The Hall–Kier alpha value is -2.70. The van der Waals surface area contributed by atoms with Crippen LogP contribution < -0.4 is 22.5 Å². The molecule has 0 aliphatic heterocycles. The van der Waals surface area contributed by atoms with E-state index in [0.29, 0.717) is 11.1 Å². The minimum Gasteiger partial charge on any atom is -0.290 e. The number of hydrazine groups is 2. The molecule has 6 nitrogen and oxygen atoms in total. The monoisotopic (exact) mass is 286 g/mol. The van der Waals surface area contributed by atoms with E-state index >= 15 is 0 Å². The van der Waals surface area contributed by atoms with Gasteiger partial charge in [-0.2, -0.15) is 0 Å². The van der Waals surface area contributed by atoms with Crippen LogP contribution in [0.15, 0.2) is 54.6 Å². The molecule has 2 amide bonds. The minimum absolute atomic E-state index is 0.256. The van der Waals surface area contributed by atoms with Crippen LogP contribution in [0.2, 0.25) is 0 Å².